The molecule has 0 saturated carbocycles. The molecule has 3 N–H and O–H groups in total. The third-order valence-corrected chi connectivity index (χ3v) is 3.97. The van der Waals surface area contributed by atoms with Crippen molar-refractivity contribution in [3.05, 3.63) is 31.9 Å². The first-order valence-corrected chi connectivity index (χ1v) is 7.79. The van der Waals surface area contributed by atoms with E-state index in [1.54, 1.807) is 22.5 Å². The van der Waals surface area contributed by atoms with Crippen LogP contribution in [0.5, 0.6) is 0 Å². The van der Waals surface area contributed by atoms with Gasteiger partial charge in [-0.3, -0.25) is 18.9 Å². The van der Waals surface area contributed by atoms with Gasteiger partial charge in [0.05, 0.1) is 19.8 Å². The van der Waals surface area contributed by atoms with Crippen LogP contribution in [-0.2, 0) is 13.6 Å². The number of anilines is 1. The lowest BCUT2D eigenvalue weighted by Gasteiger charge is -2.22. The van der Waals surface area contributed by atoms with Gasteiger partial charge in [0.25, 0.3) is 5.56 Å². The van der Waals surface area contributed by atoms with E-state index in [1.807, 2.05) is 0 Å². The zero-order valence-corrected chi connectivity index (χ0v) is 14.2. The summed E-state index contributed by atoms with van der Waals surface area (Å²) in [4.78, 5) is 32.3. The zero-order chi connectivity index (χ0) is 17.9. The van der Waals surface area contributed by atoms with E-state index in [0.717, 1.165) is 0 Å². The Morgan fingerprint density at radius 1 is 1.33 bits per heavy atom. The van der Waals surface area contributed by atoms with Crippen LogP contribution in [0.2, 0.25) is 0 Å². The van der Waals surface area contributed by atoms with Gasteiger partial charge in [0.2, 0.25) is 5.95 Å². The van der Waals surface area contributed by atoms with Crippen LogP contribution in [0, 0.1) is 0 Å². The van der Waals surface area contributed by atoms with E-state index < -0.39 is 11.2 Å². The van der Waals surface area contributed by atoms with Crippen molar-refractivity contribution in [2.45, 2.75) is 13.5 Å². The van der Waals surface area contributed by atoms with Crippen LogP contribution in [0.1, 0.15) is 6.92 Å². The highest BCUT2D eigenvalue weighted by atomic mass is 35.5. The normalized spacial score (nSPS) is 12.1. The minimum absolute atomic E-state index is 0.157. The van der Waals surface area contributed by atoms with E-state index in [0.29, 0.717) is 11.0 Å². The molecule has 2 rings (SSSR count). The highest BCUT2D eigenvalue weighted by molar-refractivity contribution is 6.29. The average Bonchev–Trinajstić information content (AvgIpc) is 2.92. The fourth-order valence-electron chi connectivity index (χ4n) is 2.41. The van der Waals surface area contributed by atoms with Crippen molar-refractivity contribution in [2.24, 2.45) is 7.05 Å². The summed E-state index contributed by atoms with van der Waals surface area (Å²) in [6, 6.07) is 0. The van der Waals surface area contributed by atoms with Gasteiger partial charge in [0.15, 0.2) is 11.2 Å². The fraction of sp³-hybridized carbons (Fsp3) is 0.500. The molecule has 0 radical (unpaired) electrons. The number of nitrogens with one attached hydrogen (secondary N) is 1. The molecular weight excluding hydrogens is 338 g/mol. The van der Waals surface area contributed by atoms with Crippen LogP contribution in [0.15, 0.2) is 20.7 Å². The number of aryl methyl sites for hydroxylation is 1. The molecule has 0 fully saturated rings. The largest absolute Gasteiger partial charge is 0.395 e. The molecule has 2 aromatic rings. The summed E-state index contributed by atoms with van der Waals surface area (Å²) >= 11 is 6.13. The van der Waals surface area contributed by atoms with Crippen molar-refractivity contribution in [3.8, 4) is 0 Å². The number of hydrogen-bond donors (Lipinski definition) is 3. The third-order valence-electron chi connectivity index (χ3n) is 3.63. The minimum atomic E-state index is -0.573. The van der Waals surface area contributed by atoms with Crippen molar-refractivity contribution in [3.63, 3.8) is 0 Å². The Labute approximate surface area is 142 Å². The quantitative estimate of drug-likeness (QED) is 0.606. The number of aromatic amines is 1. The molecule has 0 aliphatic rings. The SMILES string of the molecule is C/C=C(\Cl)Cn1c(N(CCO)CCO)nc2c1c(=O)[nH]c(=O)n2C. The first kappa shape index (κ1) is 18.2. The fourth-order valence-corrected chi connectivity index (χ4v) is 2.53. The molecule has 24 heavy (non-hydrogen) atoms. The van der Waals surface area contributed by atoms with Gasteiger partial charge in [-0.1, -0.05) is 17.7 Å². The predicted octanol–water partition coefficient (Wildman–Crippen LogP) is -0.643. The molecule has 2 aromatic heterocycles. The summed E-state index contributed by atoms with van der Waals surface area (Å²) in [6.07, 6.45) is 1.69. The van der Waals surface area contributed by atoms with Crippen molar-refractivity contribution >= 4 is 28.7 Å². The lowest BCUT2D eigenvalue weighted by Crippen LogP contribution is -2.32. The van der Waals surface area contributed by atoms with E-state index in [2.05, 4.69) is 9.97 Å². The van der Waals surface area contributed by atoms with Crippen LogP contribution >= 0.6 is 11.6 Å². The monoisotopic (exact) mass is 357 g/mol. The summed E-state index contributed by atoms with van der Waals surface area (Å²) in [5.41, 5.74) is -0.731. The maximum atomic E-state index is 12.3. The van der Waals surface area contributed by atoms with Gasteiger partial charge in [-0.2, -0.15) is 4.98 Å². The highest BCUT2D eigenvalue weighted by Gasteiger charge is 2.21. The molecule has 0 atom stereocenters. The summed E-state index contributed by atoms with van der Waals surface area (Å²) in [5, 5.41) is 19.0. The summed E-state index contributed by atoms with van der Waals surface area (Å²) in [6.45, 7) is 2.05. The number of nitrogens with zero attached hydrogens (tertiary/aromatic N) is 4. The van der Waals surface area contributed by atoms with Gasteiger partial charge in [-0.15, -0.1) is 0 Å². The second-order valence-corrected chi connectivity index (χ2v) is 5.64. The molecule has 132 valence electrons. The smallest absolute Gasteiger partial charge is 0.329 e. The Hall–Kier alpha value is -2.10. The molecule has 0 aliphatic heterocycles. The Morgan fingerprint density at radius 2 is 1.96 bits per heavy atom. The van der Waals surface area contributed by atoms with Gasteiger partial charge in [0.1, 0.15) is 0 Å². The van der Waals surface area contributed by atoms with Crippen LogP contribution in [0.25, 0.3) is 11.2 Å². The molecule has 9 nitrogen and oxygen atoms in total. The standard InChI is InChI=1S/C14H20ClN5O4/c1-3-9(15)8-20-10-11(18(2)14(24)17-12(10)23)16-13(20)19(4-6-21)5-7-22/h3,21-22H,4-8H2,1-2H3,(H,17,23,24)/b9-3-. The molecule has 0 aliphatic carbocycles. The molecular formula is C14H20ClN5O4. The first-order chi connectivity index (χ1) is 11.4. The second kappa shape index (κ2) is 7.65. The molecule has 0 spiro atoms. The van der Waals surface area contributed by atoms with Gasteiger partial charge in [-0.25, -0.2) is 4.79 Å². The van der Waals surface area contributed by atoms with Gasteiger partial charge in [0, 0.05) is 25.2 Å². The minimum Gasteiger partial charge on any atom is -0.395 e. The average molecular weight is 358 g/mol. The van der Waals surface area contributed by atoms with E-state index in [-0.39, 0.29) is 44.0 Å². The molecule has 0 bridgehead atoms. The van der Waals surface area contributed by atoms with Crippen LogP contribution < -0.4 is 16.1 Å². The molecule has 10 heteroatoms. The van der Waals surface area contributed by atoms with Crippen molar-refractivity contribution in [1.29, 1.82) is 0 Å². The van der Waals surface area contributed by atoms with Gasteiger partial charge < -0.3 is 15.1 Å². The summed E-state index contributed by atoms with van der Waals surface area (Å²) in [7, 11) is 1.50. The lowest BCUT2D eigenvalue weighted by atomic mass is 10.4. The molecule has 0 aromatic carbocycles. The zero-order valence-electron chi connectivity index (χ0n) is 13.5. The van der Waals surface area contributed by atoms with Gasteiger partial charge in [-0.05, 0) is 6.92 Å². The number of hydrogen-bond acceptors (Lipinski definition) is 6. The molecule has 0 amide bonds. The maximum Gasteiger partial charge on any atom is 0.329 e. The number of halogens is 1. The topological polar surface area (TPSA) is 116 Å². The summed E-state index contributed by atoms with van der Waals surface area (Å²) < 4.78 is 2.80. The number of aliphatic hydroxyl groups excluding tert-OH is 2. The number of imidazole rings is 1. The van der Waals surface area contributed by atoms with E-state index >= 15 is 0 Å². The molecule has 2 heterocycles. The van der Waals surface area contributed by atoms with Crippen molar-refractivity contribution in [2.75, 3.05) is 31.2 Å². The number of allylic oxidation sites excluding steroid dienone is 2. The maximum absolute atomic E-state index is 12.3. The van der Waals surface area contributed by atoms with Crippen LogP contribution in [-0.4, -0.2) is 55.6 Å². The lowest BCUT2D eigenvalue weighted by molar-refractivity contribution is 0.279. The number of aliphatic hydroxyl groups is 2. The van der Waals surface area contributed by atoms with E-state index in [4.69, 9.17) is 11.6 Å². The Morgan fingerprint density at radius 3 is 2.50 bits per heavy atom. The van der Waals surface area contributed by atoms with E-state index in [1.165, 1.54) is 11.6 Å². The van der Waals surface area contributed by atoms with Crippen molar-refractivity contribution < 1.29 is 10.2 Å². The Balaban J connectivity index is 2.79. The van der Waals surface area contributed by atoms with E-state index in [9.17, 15) is 19.8 Å². The van der Waals surface area contributed by atoms with Crippen LogP contribution in [0.4, 0.5) is 5.95 Å². The molecule has 0 unspecified atom stereocenters. The number of aromatic nitrogens is 4. The Kier molecular flexibility index (Phi) is 5.81. The van der Waals surface area contributed by atoms with Crippen molar-refractivity contribution in [1.82, 2.24) is 19.1 Å². The second-order valence-electron chi connectivity index (χ2n) is 5.16. The van der Waals surface area contributed by atoms with Gasteiger partial charge >= 0.3 is 5.69 Å². The first-order valence-electron chi connectivity index (χ1n) is 7.41. The third kappa shape index (κ3) is 3.37. The predicted molar refractivity (Wildman–Crippen MR) is 91.6 cm³/mol. The van der Waals surface area contributed by atoms with Crippen LogP contribution in [0.3, 0.4) is 0 Å². The molecule has 0 saturated heterocycles. The number of fused-ring (bicyclic) bond motifs is 1. The summed E-state index contributed by atoms with van der Waals surface area (Å²) in [5.74, 6) is 0.347. The number of H-pyrrole nitrogens is 1. The number of rotatable bonds is 7. The highest BCUT2D eigenvalue weighted by Crippen LogP contribution is 2.21. The Bertz CT molecular complexity index is 860.